The maximum atomic E-state index is 13.9. The summed E-state index contributed by atoms with van der Waals surface area (Å²) in [5.41, 5.74) is 5.10. The van der Waals surface area contributed by atoms with Crippen molar-refractivity contribution in [3.63, 3.8) is 0 Å². The molecule has 2 aromatic heterocycles. The number of carbonyl (C=O) groups is 4. The van der Waals surface area contributed by atoms with Crippen LogP contribution in [0.25, 0.3) is 22.2 Å². The molecule has 3 heterocycles. The van der Waals surface area contributed by atoms with Gasteiger partial charge in [0, 0.05) is 25.5 Å². The number of fused-ring (bicyclic) bond motifs is 1. The number of nitrogens with zero attached hydrogens (tertiary/aromatic N) is 4. The molecule has 2 aromatic carbocycles. The van der Waals surface area contributed by atoms with Crippen LogP contribution in [0.4, 0.5) is 9.59 Å². The summed E-state index contributed by atoms with van der Waals surface area (Å²) in [7, 11) is 4.48. The smallest absolute Gasteiger partial charge is 0.407 e. The van der Waals surface area contributed by atoms with Crippen molar-refractivity contribution in [3.05, 3.63) is 71.6 Å². The van der Waals surface area contributed by atoms with Crippen molar-refractivity contribution < 1.29 is 33.4 Å². The summed E-state index contributed by atoms with van der Waals surface area (Å²) in [5.74, 6) is 7.20. The zero-order valence-electron chi connectivity index (χ0n) is 34.5. The summed E-state index contributed by atoms with van der Waals surface area (Å²) in [6, 6.07) is 11.8. The first kappa shape index (κ1) is 43.7. The lowest BCUT2D eigenvalue weighted by molar-refractivity contribution is -0.138. The summed E-state index contributed by atoms with van der Waals surface area (Å²) in [5, 5.41) is 5.34. The highest BCUT2D eigenvalue weighted by molar-refractivity contribution is 7.36. The van der Waals surface area contributed by atoms with E-state index in [1.165, 1.54) is 21.3 Å². The van der Waals surface area contributed by atoms with Crippen LogP contribution in [-0.2, 0) is 23.8 Å². The second kappa shape index (κ2) is 20.3. The number of benzene rings is 2. The number of hydrogen-bond donors (Lipinski definition) is 4. The Morgan fingerprint density at radius 2 is 1.66 bits per heavy atom. The third kappa shape index (κ3) is 10.3. The molecular formula is C42H55N8O7P. The van der Waals surface area contributed by atoms with Crippen molar-refractivity contribution in [1.29, 1.82) is 0 Å². The van der Waals surface area contributed by atoms with Gasteiger partial charge in [-0.1, -0.05) is 51.3 Å². The monoisotopic (exact) mass is 814 g/mol. The highest BCUT2D eigenvalue weighted by Crippen LogP contribution is 2.34. The molecule has 15 nitrogen and oxygen atoms in total. The predicted molar refractivity (Wildman–Crippen MR) is 223 cm³/mol. The normalized spacial score (nSPS) is 16.1. The second-order valence-corrected chi connectivity index (χ2v) is 15.6. The average molecular weight is 815 g/mol. The number of ether oxygens (including phenoxy) is 3. The quantitative estimate of drug-likeness (QED) is 0.0815. The van der Waals surface area contributed by atoms with Gasteiger partial charge in [0.25, 0.3) is 0 Å². The van der Waals surface area contributed by atoms with E-state index in [9.17, 15) is 19.2 Å². The van der Waals surface area contributed by atoms with Gasteiger partial charge in [-0.25, -0.2) is 19.6 Å². The number of imidazole rings is 2. The van der Waals surface area contributed by atoms with Crippen molar-refractivity contribution in [2.45, 2.75) is 83.6 Å². The Balaban J connectivity index is 1.30. The molecule has 1 aliphatic heterocycles. The molecule has 58 heavy (non-hydrogen) atoms. The lowest BCUT2D eigenvalue weighted by Crippen LogP contribution is -2.54. The molecule has 1 aliphatic rings. The highest BCUT2D eigenvalue weighted by Gasteiger charge is 2.38. The minimum atomic E-state index is -0.939. The fraction of sp³-hybridized carbons (Fsp3) is 0.476. The fourth-order valence-electron chi connectivity index (χ4n) is 7.12. The van der Waals surface area contributed by atoms with Crippen molar-refractivity contribution in [2.24, 2.45) is 5.92 Å². The van der Waals surface area contributed by atoms with E-state index in [-0.39, 0.29) is 29.8 Å². The summed E-state index contributed by atoms with van der Waals surface area (Å²) < 4.78 is 15.0. The number of methoxy groups -OCH3 is 3. The number of hydrogen-bond acceptors (Lipinski definition) is 9. The topological polar surface area (TPSA) is 184 Å². The van der Waals surface area contributed by atoms with Crippen molar-refractivity contribution >= 4 is 43.6 Å². The summed E-state index contributed by atoms with van der Waals surface area (Å²) in [6.07, 6.45) is 3.30. The minimum Gasteiger partial charge on any atom is -0.453 e. The first-order valence-corrected chi connectivity index (χ1v) is 21.3. The number of aromatic amines is 2. The van der Waals surface area contributed by atoms with Crippen LogP contribution in [0.1, 0.15) is 88.4 Å². The molecule has 1 fully saturated rings. The molecule has 6 atom stereocenters. The van der Waals surface area contributed by atoms with Gasteiger partial charge in [0.05, 0.1) is 49.6 Å². The van der Waals surface area contributed by atoms with Gasteiger partial charge in [0.15, 0.2) is 0 Å². The van der Waals surface area contributed by atoms with E-state index in [1.807, 2.05) is 56.9 Å². The fourth-order valence-corrected chi connectivity index (χ4v) is 7.84. The molecule has 16 heteroatoms. The molecule has 0 bridgehead atoms. The van der Waals surface area contributed by atoms with Crippen LogP contribution in [-0.4, -0.2) is 113 Å². The van der Waals surface area contributed by atoms with Crippen molar-refractivity contribution in [3.8, 4) is 23.0 Å². The summed E-state index contributed by atoms with van der Waals surface area (Å²) in [4.78, 5) is 71.5. The zero-order chi connectivity index (χ0) is 41.9. The van der Waals surface area contributed by atoms with E-state index in [0.29, 0.717) is 39.4 Å². The largest absolute Gasteiger partial charge is 0.453 e. The molecule has 0 radical (unpaired) electrons. The number of nitrogens with one attached hydrogen (secondary N) is 4. The molecule has 6 unspecified atom stereocenters. The number of H-pyrrole nitrogens is 2. The number of likely N-dealkylation sites (tertiary alicyclic amines) is 1. The maximum absolute atomic E-state index is 13.9. The van der Waals surface area contributed by atoms with Crippen LogP contribution < -0.4 is 10.6 Å². The Morgan fingerprint density at radius 3 is 2.29 bits per heavy atom. The van der Waals surface area contributed by atoms with Crippen molar-refractivity contribution in [1.82, 2.24) is 40.4 Å². The number of rotatable bonds is 15. The van der Waals surface area contributed by atoms with Gasteiger partial charge < -0.3 is 44.6 Å². The minimum absolute atomic E-state index is 0.116. The maximum Gasteiger partial charge on any atom is 0.407 e. The molecule has 0 spiro atoms. The van der Waals surface area contributed by atoms with Crippen molar-refractivity contribution in [2.75, 3.05) is 40.8 Å². The van der Waals surface area contributed by atoms with Crippen LogP contribution in [0.2, 0.25) is 0 Å². The Morgan fingerprint density at radius 1 is 0.966 bits per heavy atom. The number of aromatic nitrogens is 4. The summed E-state index contributed by atoms with van der Waals surface area (Å²) in [6.45, 7) is 10.2. The van der Waals surface area contributed by atoms with Gasteiger partial charge in [-0.3, -0.25) is 9.59 Å². The van der Waals surface area contributed by atoms with Crippen LogP contribution in [0.3, 0.4) is 0 Å². The predicted octanol–water partition coefficient (Wildman–Crippen LogP) is 6.09. The van der Waals surface area contributed by atoms with Gasteiger partial charge in [-0.15, -0.1) is 8.58 Å². The molecule has 5 rings (SSSR count). The molecular weight excluding hydrogens is 759 g/mol. The highest BCUT2D eigenvalue weighted by atomic mass is 31.1. The number of alkyl carbamates (subject to hydrolysis) is 2. The van der Waals surface area contributed by atoms with Crippen LogP contribution in [0, 0.1) is 17.8 Å². The van der Waals surface area contributed by atoms with Gasteiger partial charge in [-0.2, -0.15) is 0 Å². The second-order valence-electron chi connectivity index (χ2n) is 14.6. The zero-order valence-corrected chi connectivity index (χ0v) is 35.5. The van der Waals surface area contributed by atoms with Gasteiger partial charge >= 0.3 is 12.2 Å². The van der Waals surface area contributed by atoms with E-state index in [2.05, 4.69) is 50.4 Å². The first-order chi connectivity index (χ1) is 27.9. The van der Waals surface area contributed by atoms with Crippen LogP contribution >= 0.6 is 8.58 Å². The third-order valence-corrected chi connectivity index (χ3v) is 11.0. The molecule has 310 valence electrons. The van der Waals surface area contributed by atoms with Gasteiger partial charge in [0.2, 0.25) is 11.8 Å². The number of carbonyl (C=O) groups excluding carboxylic acids is 4. The van der Waals surface area contributed by atoms with Gasteiger partial charge in [-0.05, 0) is 80.1 Å². The lowest BCUT2D eigenvalue weighted by atomic mass is 10.0. The van der Waals surface area contributed by atoms with E-state index in [4.69, 9.17) is 19.2 Å². The molecule has 0 aliphatic carbocycles. The lowest BCUT2D eigenvalue weighted by Gasteiger charge is -2.34. The Labute approximate surface area is 341 Å². The van der Waals surface area contributed by atoms with E-state index in [0.717, 1.165) is 52.8 Å². The SMILES string of the molecule is CCCC(c1ncc(C#Cc2ccc(-c3ccc4nc(C5CCCN5C(=O)C(NC(=O)OC)C(C)C)[nH]c4c3)cc2)[nH]1)N(CPC)C(=O)C(NC(=O)OC)C(C)OC. The molecule has 4 amide bonds. The summed E-state index contributed by atoms with van der Waals surface area (Å²) >= 11 is 0. The molecule has 1 saturated heterocycles. The Hall–Kier alpha value is -5.45. The number of amides is 4. The third-order valence-electron chi connectivity index (χ3n) is 10.3. The van der Waals surface area contributed by atoms with Gasteiger partial charge in [0.1, 0.15) is 29.4 Å². The molecule has 0 saturated carbocycles. The first-order valence-electron chi connectivity index (χ1n) is 19.6. The Bertz CT molecular complexity index is 2110. The average Bonchev–Trinajstić information content (AvgIpc) is 4.01. The van der Waals surface area contributed by atoms with E-state index in [1.54, 1.807) is 22.9 Å². The van der Waals surface area contributed by atoms with E-state index >= 15 is 0 Å². The van der Waals surface area contributed by atoms with E-state index < -0.39 is 30.4 Å². The van der Waals surface area contributed by atoms with Crippen LogP contribution in [0.5, 0.6) is 0 Å². The Kier molecular flexibility index (Phi) is 15.3. The standard InChI is InChI=1S/C42H55N8O7P/c1-9-11-33(50(24-58-8)40(52)36(26(4)55-5)48-42(54)57-7)37-43-23-30(44-37)19-15-27-13-16-28(17-14-27)29-18-20-31-32(22-29)46-38(45-31)34-12-10-21-49(34)39(51)35(25(2)3)47-41(53)56-6/h13-14,16-18,20,22-23,25-26,33-36,58H,9-12,21,24H2,1-8H3,(H,43,44)(H,45,46)(H,47,53)(H,48,54). The molecule has 4 aromatic rings. The van der Waals surface area contributed by atoms with Crippen LogP contribution in [0.15, 0.2) is 48.7 Å². The molecule has 4 N–H and O–H groups in total.